The molecule has 0 aromatic heterocycles. The highest BCUT2D eigenvalue weighted by molar-refractivity contribution is 6.32. The number of carbonyl (C=O) groups is 1. The van der Waals surface area contributed by atoms with Crippen LogP contribution < -0.4 is 4.74 Å². The average Bonchev–Trinajstić information content (AvgIpc) is 2.66. The molecule has 0 amide bonds. The van der Waals surface area contributed by atoms with Gasteiger partial charge in [-0.1, -0.05) is 24.6 Å². The van der Waals surface area contributed by atoms with Crippen molar-refractivity contribution in [1.29, 1.82) is 0 Å². The van der Waals surface area contributed by atoms with E-state index in [9.17, 15) is 4.79 Å². The summed E-state index contributed by atoms with van der Waals surface area (Å²) in [5.74, 6) is -0.577. The molecule has 3 nitrogen and oxygen atoms in total. The number of hydrogen-bond donors (Lipinski definition) is 1. The first kappa shape index (κ1) is 11.3. The fourth-order valence-corrected chi connectivity index (χ4v) is 2.34. The Morgan fingerprint density at radius 1 is 1.62 bits per heavy atom. The molecular weight excluding hydrogens is 228 g/mol. The van der Waals surface area contributed by atoms with Gasteiger partial charge < -0.3 is 9.84 Å². The van der Waals surface area contributed by atoms with E-state index in [1.165, 1.54) is 0 Å². The maximum atomic E-state index is 11.1. The molecule has 1 unspecified atom stereocenters. The number of ether oxygens (including phenoxy) is 1. The average molecular weight is 241 g/mol. The van der Waals surface area contributed by atoms with Gasteiger partial charge >= 0.3 is 5.97 Å². The summed E-state index contributed by atoms with van der Waals surface area (Å²) < 4.78 is 5.38. The molecule has 1 atom stereocenters. The summed E-state index contributed by atoms with van der Waals surface area (Å²) in [7, 11) is 0. The maximum absolute atomic E-state index is 11.1. The third-order valence-corrected chi connectivity index (χ3v) is 3.15. The highest BCUT2D eigenvalue weighted by Crippen LogP contribution is 2.37. The number of carboxylic acids is 1. The minimum absolute atomic E-state index is 0.483. The summed E-state index contributed by atoms with van der Waals surface area (Å²) in [6.45, 7) is 2.48. The molecular formula is C12H13ClO3. The van der Waals surface area contributed by atoms with Crippen LogP contribution in [0.25, 0.3) is 0 Å². The molecule has 0 aliphatic carbocycles. The Labute approximate surface area is 99.0 Å². The number of hydrogen-bond acceptors (Lipinski definition) is 2. The second kappa shape index (κ2) is 4.34. The predicted octanol–water partition coefficient (Wildman–Crippen LogP) is 2.85. The van der Waals surface area contributed by atoms with Crippen LogP contribution in [0.3, 0.4) is 0 Å². The molecule has 0 radical (unpaired) electrons. The Morgan fingerprint density at radius 3 is 3.00 bits per heavy atom. The lowest BCUT2D eigenvalue weighted by Crippen LogP contribution is -2.10. The highest BCUT2D eigenvalue weighted by Gasteiger charge is 2.23. The van der Waals surface area contributed by atoms with E-state index in [0.717, 1.165) is 17.5 Å². The zero-order valence-electron chi connectivity index (χ0n) is 9.00. The number of carboxylic acid groups (broad SMARTS) is 1. The van der Waals surface area contributed by atoms with E-state index in [1.807, 2.05) is 13.0 Å². The number of fused-ring (bicyclic) bond motifs is 1. The van der Waals surface area contributed by atoms with Crippen LogP contribution in [0, 0.1) is 0 Å². The topological polar surface area (TPSA) is 46.5 Å². The van der Waals surface area contributed by atoms with E-state index < -0.39 is 11.9 Å². The maximum Gasteiger partial charge on any atom is 0.310 e. The molecule has 2 rings (SSSR count). The fraction of sp³-hybridized carbons (Fsp3) is 0.417. The van der Waals surface area contributed by atoms with Crippen molar-refractivity contribution in [2.24, 2.45) is 0 Å². The summed E-state index contributed by atoms with van der Waals surface area (Å²) in [5.41, 5.74) is 1.78. The standard InChI is InChI=1S/C12H13ClO3/c1-2-9(12(14)15)8-5-7-3-4-16-11(7)10(13)6-8/h5-6,9H,2-4H2,1H3,(H,14,15). The highest BCUT2D eigenvalue weighted by atomic mass is 35.5. The van der Waals surface area contributed by atoms with Crippen LogP contribution in [-0.4, -0.2) is 17.7 Å². The van der Waals surface area contributed by atoms with Crippen LogP contribution in [0.4, 0.5) is 0 Å². The van der Waals surface area contributed by atoms with E-state index in [-0.39, 0.29) is 0 Å². The van der Waals surface area contributed by atoms with Gasteiger partial charge in [-0.05, 0) is 23.6 Å². The lowest BCUT2D eigenvalue weighted by Gasteiger charge is -2.12. The molecule has 0 spiro atoms. The first-order valence-corrected chi connectivity index (χ1v) is 5.69. The molecule has 1 heterocycles. The van der Waals surface area contributed by atoms with E-state index in [2.05, 4.69) is 0 Å². The van der Waals surface area contributed by atoms with Gasteiger partial charge in [0, 0.05) is 6.42 Å². The molecule has 86 valence electrons. The first-order chi connectivity index (χ1) is 7.63. The summed E-state index contributed by atoms with van der Waals surface area (Å²) >= 11 is 6.06. The van der Waals surface area contributed by atoms with Gasteiger partial charge in [0.1, 0.15) is 5.75 Å². The minimum Gasteiger partial charge on any atom is -0.491 e. The summed E-state index contributed by atoms with van der Waals surface area (Å²) in [6, 6.07) is 3.60. The van der Waals surface area contributed by atoms with Crippen LogP contribution in [0.15, 0.2) is 12.1 Å². The molecule has 1 aliphatic heterocycles. The van der Waals surface area contributed by atoms with Crippen molar-refractivity contribution < 1.29 is 14.6 Å². The smallest absolute Gasteiger partial charge is 0.310 e. The molecule has 1 aromatic carbocycles. The molecule has 0 saturated heterocycles. The van der Waals surface area contributed by atoms with Crippen LogP contribution in [-0.2, 0) is 11.2 Å². The third-order valence-electron chi connectivity index (χ3n) is 2.87. The lowest BCUT2D eigenvalue weighted by atomic mass is 9.94. The molecule has 1 aromatic rings. The monoisotopic (exact) mass is 240 g/mol. The van der Waals surface area contributed by atoms with E-state index >= 15 is 0 Å². The van der Waals surface area contributed by atoms with Crippen LogP contribution in [0.2, 0.25) is 5.02 Å². The molecule has 16 heavy (non-hydrogen) atoms. The van der Waals surface area contributed by atoms with Gasteiger partial charge in [-0.25, -0.2) is 0 Å². The van der Waals surface area contributed by atoms with E-state index in [1.54, 1.807) is 6.07 Å². The Morgan fingerprint density at radius 2 is 2.38 bits per heavy atom. The predicted molar refractivity (Wildman–Crippen MR) is 61.3 cm³/mol. The van der Waals surface area contributed by atoms with E-state index in [4.69, 9.17) is 21.4 Å². The number of benzene rings is 1. The third kappa shape index (κ3) is 1.87. The molecule has 4 heteroatoms. The van der Waals surface area contributed by atoms with Gasteiger partial charge in [0.05, 0.1) is 17.5 Å². The minimum atomic E-state index is -0.808. The van der Waals surface area contributed by atoms with Crippen molar-refractivity contribution in [2.45, 2.75) is 25.7 Å². The lowest BCUT2D eigenvalue weighted by molar-refractivity contribution is -0.138. The summed E-state index contributed by atoms with van der Waals surface area (Å²) in [6.07, 6.45) is 1.37. The normalized spacial score (nSPS) is 15.4. The Bertz CT molecular complexity index is 429. The van der Waals surface area contributed by atoms with Crippen LogP contribution >= 0.6 is 11.6 Å². The number of aliphatic carboxylic acids is 1. The zero-order valence-corrected chi connectivity index (χ0v) is 9.75. The summed E-state index contributed by atoms with van der Waals surface area (Å²) in [4.78, 5) is 11.1. The zero-order chi connectivity index (χ0) is 11.7. The van der Waals surface area contributed by atoms with Crippen molar-refractivity contribution in [3.8, 4) is 5.75 Å². The second-order valence-electron chi connectivity index (χ2n) is 3.89. The van der Waals surface area contributed by atoms with Gasteiger partial charge in [-0.3, -0.25) is 4.79 Å². The largest absolute Gasteiger partial charge is 0.491 e. The van der Waals surface area contributed by atoms with Gasteiger partial charge in [-0.15, -0.1) is 0 Å². The molecule has 0 bridgehead atoms. The van der Waals surface area contributed by atoms with Crippen LogP contribution in [0.1, 0.15) is 30.4 Å². The quantitative estimate of drug-likeness (QED) is 0.884. The van der Waals surface area contributed by atoms with Crippen molar-refractivity contribution >= 4 is 17.6 Å². The Balaban J connectivity index is 2.43. The number of rotatable bonds is 3. The molecule has 0 fully saturated rings. The SMILES string of the molecule is CCC(C(=O)O)c1cc(Cl)c2c(c1)CCO2. The Hall–Kier alpha value is -1.22. The van der Waals surface area contributed by atoms with Crippen molar-refractivity contribution in [3.63, 3.8) is 0 Å². The van der Waals surface area contributed by atoms with Gasteiger partial charge in [-0.2, -0.15) is 0 Å². The number of halogens is 1. The Kier molecular flexibility index (Phi) is 3.06. The van der Waals surface area contributed by atoms with Gasteiger partial charge in [0.15, 0.2) is 0 Å². The first-order valence-electron chi connectivity index (χ1n) is 5.31. The molecule has 1 aliphatic rings. The molecule has 1 N–H and O–H groups in total. The van der Waals surface area contributed by atoms with Crippen molar-refractivity contribution in [2.75, 3.05) is 6.61 Å². The van der Waals surface area contributed by atoms with Gasteiger partial charge in [0.25, 0.3) is 0 Å². The molecule has 0 saturated carbocycles. The van der Waals surface area contributed by atoms with Gasteiger partial charge in [0.2, 0.25) is 0 Å². The van der Waals surface area contributed by atoms with Crippen LogP contribution in [0.5, 0.6) is 5.75 Å². The second-order valence-corrected chi connectivity index (χ2v) is 4.30. The van der Waals surface area contributed by atoms with Crippen molar-refractivity contribution in [1.82, 2.24) is 0 Å². The summed E-state index contributed by atoms with van der Waals surface area (Å²) in [5, 5.41) is 9.61. The van der Waals surface area contributed by atoms with E-state index in [0.29, 0.717) is 23.8 Å². The fourth-order valence-electron chi connectivity index (χ4n) is 2.04. The van der Waals surface area contributed by atoms with Crippen molar-refractivity contribution in [3.05, 3.63) is 28.3 Å².